The first kappa shape index (κ1) is 41.2. The summed E-state index contributed by atoms with van der Waals surface area (Å²) < 4.78 is 0. The van der Waals surface area contributed by atoms with E-state index < -0.39 is 0 Å². The van der Waals surface area contributed by atoms with Crippen molar-refractivity contribution in [1.82, 2.24) is 0 Å². The first-order valence-electron chi connectivity index (χ1n) is 12.7. The van der Waals surface area contributed by atoms with E-state index in [1.807, 2.05) is 0 Å². The van der Waals surface area contributed by atoms with Crippen LogP contribution in [-0.2, 0) is 23.3 Å². The Hall–Kier alpha value is -1.24. The number of fused-ring (bicyclic) bond motifs is 2. The first-order chi connectivity index (χ1) is 16.0. The summed E-state index contributed by atoms with van der Waals surface area (Å²) in [5, 5.41) is 5.70. The third kappa shape index (κ3) is 9.45. The Bertz CT molecular complexity index is 1120. The van der Waals surface area contributed by atoms with E-state index in [1.165, 1.54) is 67.1 Å². The van der Waals surface area contributed by atoms with E-state index in [-0.39, 0.29) is 29.7 Å². The topological polar surface area (TPSA) is 0 Å². The van der Waals surface area contributed by atoms with Crippen LogP contribution in [0.25, 0.3) is 21.5 Å². The van der Waals surface area contributed by atoms with Crippen molar-refractivity contribution < 1.29 is 23.3 Å². The third-order valence-electron chi connectivity index (χ3n) is 6.62. The van der Waals surface area contributed by atoms with E-state index in [9.17, 15) is 0 Å². The van der Waals surface area contributed by atoms with Crippen molar-refractivity contribution in [2.45, 2.75) is 92.9 Å². The van der Waals surface area contributed by atoms with Gasteiger partial charge in [0.1, 0.15) is 0 Å². The van der Waals surface area contributed by atoms with E-state index in [1.54, 1.807) is 11.1 Å². The normalized spacial score (nSPS) is 10.1. The average Bonchev–Trinajstić information content (AvgIpc) is 3.33. The van der Waals surface area contributed by atoms with Crippen LogP contribution in [0.15, 0.2) is 48.5 Å². The van der Waals surface area contributed by atoms with Crippen LogP contribution in [0, 0.1) is 43.6 Å². The second-order valence-electron chi connectivity index (χ2n) is 10.8. The van der Waals surface area contributed by atoms with Crippen molar-refractivity contribution in [3.8, 4) is 0 Å². The van der Waals surface area contributed by atoms with Crippen LogP contribution in [0.2, 0.25) is 0 Å². The number of hydrogen-bond donors (Lipinski definition) is 0. The monoisotopic (exact) mass is 604 g/mol. The predicted octanol–water partition coefficient (Wildman–Crippen LogP) is 11.6. The molecule has 0 saturated heterocycles. The summed E-state index contributed by atoms with van der Waals surface area (Å²) in [6.45, 7) is 25.7. The minimum absolute atomic E-state index is 0. The average molecular weight is 606 g/mol. The molecule has 0 aliphatic carbocycles. The summed E-state index contributed by atoms with van der Waals surface area (Å²) in [7, 11) is 0. The summed E-state index contributed by atoms with van der Waals surface area (Å²) in [5.41, 5.74) is 8.85. The zero-order valence-corrected chi connectivity index (χ0v) is 30.4. The maximum absolute atomic E-state index is 3.06. The predicted molar refractivity (Wildman–Crippen MR) is 176 cm³/mol. The molecule has 0 unspecified atom stereocenters. The second kappa shape index (κ2) is 18.2. The van der Waals surface area contributed by atoms with Crippen LogP contribution in [0.1, 0.15) is 112 Å². The molecular weight excluding hydrogens is 552 g/mol. The Balaban J connectivity index is -0.000000551. The van der Waals surface area contributed by atoms with Crippen LogP contribution in [-0.4, -0.2) is 6.88 Å². The van der Waals surface area contributed by atoms with Crippen molar-refractivity contribution in [2.24, 2.45) is 0 Å². The van der Waals surface area contributed by atoms with Gasteiger partial charge in [0.2, 0.25) is 0 Å². The van der Waals surface area contributed by atoms with Crippen molar-refractivity contribution in [3.05, 3.63) is 112 Å². The quantitative estimate of drug-likeness (QED) is 0.160. The molecule has 0 saturated carbocycles. The number of hydrogen-bond acceptors (Lipinski definition) is 0. The molecule has 212 valence electrons. The van der Waals surface area contributed by atoms with Crippen molar-refractivity contribution in [2.75, 3.05) is 0 Å². The Kier molecular flexibility index (Phi) is 19.7. The van der Waals surface area contributed by atoms with Gasteiger partial charge in [0.15, 0.2) is 0 Å². The molecule has 2 heteroatoms. The maximum atomic E-state index is 3.06. The zero-order valence-electron chi connectivity index (χ0n) is 26.9. The van der Waals surface area contributed by atoms with Crippen LogP contribution in [0.4, 0.5) is 0 Å². The summed E-state index contributed by atoms with van der Waals surface area (Å²) in [6.07, 6.45) is 0. The van der Waals surface area contributed by atoms with Gasteiger partial charge in [-0.25, -0.2) is 0 Å². The molecule has 0 heterocycles. The molecule has 4 rings (SSSR count). The minimum atomic E-state index is 0. The van der Waals surface area contributed by atoms with Crippen molar-refractivity contribution >= 4 is 28.4 Å². The van der Waals surface area contributed by atoms with Gasteiger partial charge in [0.25, 0.3) is 0 Å². The molecule has 0 nitrogen and oxygen atoms in total. The Labute approximate surface area is 254 Å². The fourth-order valence-electron chi connectivity index (χ4n) is 5.24. The van der Waals surface area contributed by atoms with Crippen molar-refractivity contribution in [3.63, 3.8) is 0 Å². The Morgan fingerprint density at radius 3 is 1.05 bits per heavy atom. The standard InChI is InChI=1S/2C16H21.4CH3.Si.Zr/c2*1-10(2)14-7-6-13-8-12(5)9-15(13)16(14)11(3)4;;;;;;/h2*6-11H,1-5H3;4*1H3;;/q6*-1;;. The van der Waals surface area contributed by atoms with Gasteiger partial charge in [-0.2, -0.15) is 12.1 Å². The molecule has 4 aromatic rings. The van der Waals surface area contributed by atoms with Crippen LogP contribution in [0.3, 0.4) is 0 Å². The van der Waals surface area contributed by atoms with Gasteiger partial charge in [0.05, 0.1) is 0 Å². The summed E-state index contributed by atoms with van der Waals surface area (Å²) in [5.74, 6) is 2.42. The first-order valence-corrected chi connectivity index (χ1v) is 16.8. The number of aryl methyl sites for hydroxylation is 2. The fourth-order valence-corrected chi connectivity index (χ4v) is 5.24. The molecule has 2 radical (unpaired) electrons. The molecule has 0 spiro atoms. The molecular formula is C36H54SiZr-6. The van der Waals surface area contributed by atoms with Gasteiger partial charge in [-0.1, -0.05) is 91.5 Å². The molecule has 0 aliphatic heterocycles. The summed E-state index contributed by atoms with van der Waals surface area (Å²) in [6, 6.07) is 18.4. The number of benzene rings is 2. The molecule has 0 bridgehead atoms. The van der Waals surface area contributed by atoms with Crippen LogP contribution in [0.5, 0.6) is 0 Å². The molecule has 0 atom stereocenters. The molecule has 0 aromatic heterocycles. The van der Waals surface area contributed by atoms with Gasteiger partial charge in [0, 0.05) is 0 Å². The van der Waals surface area contributed by atoms with E-state index in [2.05, 4.69) is 125 Å². The van der Waals surface area contributed by atoms with Crippen LogP contribution < -0.4 is 0 Å². The molecule has 0 fully saturated rings. The van der Waals surface area contributed by atoms with Crippen LogP contribution >= 0.6 is 0 Å². The van der Waals surface area contributed by atoms with E-state index in [0.29, 0.717) is 23.7 Å². The fraction of sp³-hybridized carbons (Fsp3) is 0.389. The van der Waals surface area contributed by atoms with Gasteiger partial charge in [-0.05, 0) is 23.7 Å². The van der Waals surface area contributed by atoms with Crippen molar-refractivity contribution in [1.29, 1.82) is 0 Å². The van der Waals surface area contributed by atoms with Gasteiger partial charge >= 0.3 is 30.2 Å². The molecule has 0 aliphatic rings. The zero-order chi connectivity index (χ0) is 25.7. The van der Waals surface area contributed by atoms with Gasteiger partial charge < -0.3 is 29.7 Å². The SMILES string of the molecule is Cc1cc2c(C(C)C)c(C(C)C)ccc2[cH-]1.Cc1cc2c(C(C)C)c(C(C)C)ccc2[cH-]1.[CH3-].[CH3-].[CH3-].[CH3-].[Si]=[Zr]. The summed E-state index contributed by atoms with van der Waals surface area (Å²) >= 11 is 1.36. The van der Waals surface area contributed by atoms with E-state index in [0.717, 1.165) is 0 Å². The van der Waals surface area contributed by atoms with Gasteiger partial charge in [-0.15, -0.1) is 69.1 Å². The molecule has 38 heavy (non-hydrogen) atoms. The van der Waals surface area contributed by atoms with E-state index in [4.69, 9.17) is 0 Å². The molecule has 0 amide bonds. The molecule has 4 aromatic carbocycles. The second-order valence-corrected chi connectivity index (χ2v) is 10.8. The summed E-state index contributed by atoms with van der Waals surface area (Å²) in [4.78, 5) is 0. The Morgan fingerprint density at radius 1 is 0.526 bits per heavy atom. The number of rotatable bonds is 4. The Morgan fingerprint density at radius 2 is 0.816 bits per heavy atom. The third-order valence-corrected chi connectivity index (χ3v) is 6.62. The van der Waals surface area contributed by atoms with E-state index >= 15 is 0 Å². The van der Waals surface area contributed by atoms with Gasteiger partial charge in [-0.3, -0.25) is 0 Å². The molecule has 0 N–H and O–H groups in total.